The van der Waals surface area contributed by atoms with Gasteiger partial charge in [-0.15, -0.1) is 0 Å². The van der Waals surface area contributed by atoms with Crippen LogP contribution in [-0.4, -0.2) is 34.9 Å². The Balaban J connectivity index is 2.03. The lowest BCUT2D eigenvalue weighted by Gasteiger charge is -2.23. The number of carbonyl (C=O) groups is 1. The Morgan fingerprint density at radius 2 is 1.62 bits per heavy atom. The summed E-state index contributed by atoms with van der Waals surface area (Å²) < 4.78 is 20.2. The SMILES string of the molecule is COc1ccc(-c2ccc(NC(=O)[C@@](C)(N)COP(=O)(O)O)cc2)cc1. The maximum absolute atomic E-state index is 12.2. The molecule has 0 unspecified atom stereocenters. The highest BCUT2D eigenvalue weighted by atomic mass is 31.2. The first kappa shape index (κ1) is 20.1. The van der Waals surface area contributed by atoms with Crippen LogP contribution in [0.15, 0.2) is 48.5 Å². The standard InChI is InChI=1S/C17H21N2O6P/c1-17(18,11-25-26(21,22)23)16(20)19-14-7-3-12(4-8-14)13-5-9-15(24-2)10-6-13/h3-10H,11,18H2,1-2H3,(H,19,20)(H2,21,22,23)/t17-/m0/s1. The van der Waals surface area contributed by atoms with Crippen molar-refractivity contribution in [2.75, 3.05) is 19.0 Å². The largest absolute Gasteiger partial charge is 0.497 e. The van der Waals surface area contributed by atoms with Crippen molar-refractivity contribution in [1.82, 2.24) is 0 Å². The zero-order chi connectivity index (χ0) is 19.4. The highest BCUT2D eigenvalue weighted by Crippen LogP contribution is 2.36. The summed E-state index contributed by atoms with van der Waals surface area (Å²) >= 11 is 0. The van der Waals surface area contributed by atoms with Crippen molar-refractivity contribution < 1.29 is 28.4 Å². The molecule has 26 heavy (non-hydrogen) atoms. The van der Waals surface area contributed by atoms with Gasteiger partial charge in [-0.3, -0.25) is 9.32 Å². The third-order valence-electron chi connectivity index (χ3n) is 3.62. The third-order valence-corrected chi connectivity index (χ3v) is 4.08. The molecular weight excluding hydrogens is 359 g/mol. The predicted molar refractivity (Wildman–Crippen MR) is 97.6 cm³/mol. The Morgan fingerprint density at radius 3 is 2.08 bits per heavy atom. The van der Waals surface area contributed by atoms with Crippen LogP contribution in [0.1, 0.15) is 6.92 Å². The van der Waals surface area contributed by atoms with Gasteiger partial charge in [0.25, 0.3) is 0 Å². The molecule has 0 saturated carbocycles. The summed E-state index contributed by atoms with van der Waals surface area (Å²) in [6, 6.07) is 14.6. The van der Waals surface area contributed by atoms with E-state index in [-0.39, 0.29) is 0 Å². The van der Waals surface area contributed by atoms with Crippen LogP contribution in [0.4, 0.5) is 5.69 Å². The second kappa shape index (κ2) is 7.99. The van der Waals surface area contributed by atoms with Crippen molar-refractivity contribution in [1.29, 1.82) is 0 Å². The number of phosphoric ester groups is 1. The fourth-order valence-corrected chi connectivity index (χ4v) is 2.52. The van der Waals surface area contributed by atoms with E-state index < -0.39 is 25.9 Å². The highest BCUT2D eigenvalue weighted by molar-refractivity contribution is 7.46. The van der Waals surface area contributed by atoms with E-state index in [9.17, 15) is 9.36 Å². The molecule has 140 valence electrons. The number of anilines is 1. The summed E-state index contributed by atoms with van der Waals surface area (Å²) in [5.41, 5.74) is 6.61. The van der Waals surface area contributed by atoms with Gasteiger partial charge in [-0.1, -0.05) is 24.3 Å². The average molecular weight is 380 g/mol. The Kier molecular flexibility index (Phi) is 6.17. The molecule has 5 N–H and O–H groups in total. The van der Waals surface area contributed by atoms with Crippen molar-refractivity contribution in [2.45, 2.75) is 12.5 Å². The normalized spacial score (nSPS) is 13.7. The van der Waals surface area contributed by atoms with Gasteiger partial charge < -0.3 is 25.6 Å². The van der Waals surface area contributed by atoms with Crippen molar-refractivity contribution in [3.63, 3.8) is 0 Å². The van der Waals surface area contributed by atoms with Crippen LogP contribution in [0.25, 0.3) is 11.1 Å². The van der Waals surface area contributed by atoms with E-state index in [1.54, 1.807) is 19.2 Å². The molecule has 0 aliphatic heterocycles. The van der Waals surface area contributed by atoms with Crippen molar-refractivity contribution in [3.05, 3.63) is 48.5 Å². The fraction of sp³-hybridized carbons (Fsp3) is 0.235. The van der Waals surface area contributed by atoms with E-state index in [1.807, 2.05) is 36.4 Å². The van der Waals surface area contributed by atoms with Gasteiger partial charge in [0.1, 0.15) is 11.3 Å². The molecule has 1 atom stereocenters. The zero-order valence-electron chi connectivity index (χ0n) is 14.4. The third kappa shape index (κ3) is 5.66. The topological polar surface area (TPSA) is 131 Å². The van der Waals surface area contributed by atoms with Gasteiger partial charge in [-0.05, 0) is 42.3 Å². The molecule has 9 heteroatoms. The van der Waals surface area contributed by atoms with Crippen LogP contribution in [0.2, 0.25) is 0 Å². The smallest absolute Gasteiger partial charge is 0.469 e. The van der Waals surface area contributed by atoms with E-state index in [2.05, 4.69) is 9.84 Å². The van der Waals surface area contributed by atoms with Gasteiger partial charge >= 0.3 is 7.82 Å². The molecule has 2 aromatic rings. The second-order valence-corrected chi connectivity index (χ2v) is 7.18. The molecule has 0 heterocycles. The van der Waals surface area contributed by atoms with E-state index in [0.717, 1.165) is 16.9 Å². The molecule has 0 saturated heterocycles. The van der Waals surface area contributed by atoms with Crippen LogP contribution in [0.3, 0.4) is 0 Å². The fourth-order valence-electron chi connectivity index (χ4n) is 2.09. The number of carbonyl (C=O) groups excluding carboxylic acids is 1. The summed E-state index contributed by atoms with van der Waals surface area (Å²) in [5.74, 6) is 0.139. The van der Waals surface area contributed by atoms with Crippen molar-refractivity contribution in [2.24, 2.45) is 5.73 Å². The van der Waals surface area contributed by atoms with Gasteiger partial charge in [0, 0.05) is 5.69 Å². The number of hydrogen-bond donors (Lipinski definition) is 4. The Bertz CT molecular complexity index is 799. The van der Waals surface area contributed by atoms with Gasteiger partial charge in [0.2, 0.25) is 5.91 Å². The van der Waals surface area contributed by atoms with Crippen LogP contribution in [0, 0.1) is 0 Å². The number of nitrogens with one attached hydrogen (secondary N) is 1. The first-order valence-corrected chi connectivity index (χ1v) is 9.19. The first-order valence-electron chi connectivity index (χ1n) is 7.66. The lowest BCUT2D eigenvalue weighted by molar-refractivity contribution is -0.121. The minimum atomic E-state index is -4.70. The number of phosphoric acid groups is 1. The molecule has 8 nitrogen and oxygen atoms in total. The van der Waals surface area contributed by atoms with Crippen LogP contribution in [-0.2, 0) is 13.9 Å². The van der Waals surface area contributed by atoms with E-state index in [0.29, 0.717) is 5.69 Å². The van der Waals surface area contributed by atoms with E-state index in [1.165, 1.54) is 6.92 Å². The van der Waals surface area contributed by atoms with Crippen molar-refractivity contribution in [3.8, 4) is 16.9 Å². The average Bonchev–Trinajstić information content (AvgIpc) is 2.60. The highest BCUT2D eigenvalue weighted by Gasteiger charge is 2.32. The van der Waals surface area contributed by atoms with Gasteiger partial charge in [-0.25, -0.2) is 4.57 Å². The number of amides is 1. The summed E-state index contributed by atoms with van der Waals surface area (Å²) in [7, 11) is -3.10. The minimum absolute atomic E-state index is 0.500. The number of ether oxygens (including phenoxy) is 1. The van der Waals surface area contributed by atoms with E-state index >= 15 is 0 Å². The molecule has 2 rings (SSSR count). The molecule has 0 spiro atoms. The Labute approximate surface area is 151 Å². The second-order valence-electron chi connectivity index (χ2n) is 5.94. The monoisotopic (exact) mass is 380 g/mol. The van der Waals surface area contributed by atoms with Crippen LogP contribution in [0.5, 0.6) is 5.75 Å². The van der Waals surface area contributed by atoms with Crippen LogP contribution >= 0.6 is 7.82 Å². The lowest BCUT2D eigenvalue weighted by Crippen LogP contribution is -2.52. The Morgan fingerprint density at radius 1 is 1.12 bits per heavy atom. The molecule has 0 aromatic heterocycles. The summed E-state index contributed by atoms with van der Waals surface area (Å²) in [5, 5.41) is 2.60. The zero-order valence-corrected chi connectivity index (χ0v) is 15.3. The maximum Gasteiger partial charge on any atom is 0.469 e. The number of nitrogens with two attached hydrogens (primary N) is 1. The molecule has 0 aliphatic rings. The molecule has 0 fully saturated rings. The minimum Gasteiger partial charge on any atom is -0.497 e. The van der Waals surface area contributed by atoms with Gasteiger partial charge in [0.05, 0.1) is 13.7 Å². The molecule has 0 aliphatic carbocycles. The van der Waals surface area contributed by atoms with Gasteiger partial charge in [0.15, 0.2) is 0 Å². The summed E-state index contributed by atoms with van der Waals surface area (Å²) in [6.45, 7) is 0.705. The number of benzene rings is 2. The maximum atomic E-state index is 12.2. The summed E-state index contributed by atoms with van der Waals surface area (Å²) in [6.07, 6.45) is 0. The number of methoxy groups -OCH3 is 1. The van der Waals surface area contributed by atoms with E-state index in [4.69, 9.17) is 20.3 Å². The van der Waals surface area contributed by atoms with Crippen molar-refractivity contribution >= 4 is 19.4 Å². The quantitative estimate of drug-likeness (QED) is 0.541. The first-order chi connectivity index (χ1) is 12.1. The molecule has 1 amide bonds. The Hall–Kier alpha value is -2.22. The molecule has 0 radical (unpaired) electrons. The van der Waals surface area contributed by atoms with Crippen LogP contribution < -0.4 is 15.8 Å². The lowest BCUT2D eigenvalue weighted by atomic mass is 10.0. The van der Waals surface area contributed by atoms with Gasteiger partial charge in [-0.2, -0.15) is 0 Å². The number of rotatable bonds is 7. The molecular formula is C17H21N2O6P. The number of hydrogen-bond acceptors (Lipinski definition) is 5. The summed E-state index contributed by atoms with van der Waals surface area (Å²) in [4.78, 5) is 29.6. The molecule has 0 bridgehead atoms. The predicted octanol–water partition coefficient (Wildman–Crippen LogP) is 2.13. The molecule has 2 aromatic carbocycles.